The number of carboxylic acid groups (broad SMARTS) is 1. The van der Waals surface area contributed by atoms with E-state index in [0.717, 1.165) is 16.8 Å². The zero-order valence-electron chi connectivity index (χ0n) is 11.5. The van der Waals surface area contributed by atoms with Crippen molar-refractivity contribution in [1.29, 1.82) is 0 Å². The molecule has 20 heavy (non-hydrogen) atoms. The number of rotatable bonds is 6. The highest BCUT2D eigenvalue weighted by molar-refractivity contribution is 5.88. The minimum Gasteiger partial charge on any atom is -0.477 e. The lowest BCUT2D eigenvalue weighted by atomic mass is 10.1. The van der Waals surface area contributed by atoms with Gasteiger partial charge in [0.1, 0.15) is 12.2 Å². The quantitative estimate of drug-likeness (QED) is 0.602. The van der Waals surface area contributed by atoms with E-state index in [0.29, 0.717) is 0 Å². The number of hydrogen-bond donors (Lipinski definition) is 2. The van der Waals surface area contributed by atoms with Crippen LogP contribution in [0.4, 0.5) is 5.69 Å². The fourth-order valence-corrected chi connectivity index (χ4v) is 1.53. The van der Waals surface area contributed by atoms with Crippen LogP contribution in [0.1, 0.15) is 31.3 Å². The van der Waals surface area contributed by atoms with Crippen molar-refractivity contribution >= 4 is 17.6 Å². The first-order valence-corrected chi connectivity index (χ1v) is 6.09. The van der Waals surface area contributed by atoms with Crippen molar-refractivity contribution in [3.05, 3.63) is 28.1 Å². The van der Waals surface area contributed by atoms with Crippen LogP contribution in [0.25, 0.3) is 0 Å². The Kier molecular flexibility index (Phi) is 4.84. The number of nitrogens with one attached hydrogen (secondary N) is 1. The minimum atomic E-state index is -1.32. The molecule has 1 heterocycles. The predicted molar refractivity (Wildman–Crippen MR) is 70.5 cm³/mol. The Hall–Kier alpha value is -2.38. The topological polar surface area (TPSA) is 114 Å². The second-order valence-electron chi connectivity index (χ2n) is 4.87. The number of amides is 1. The van der Waals surface area contributed by atoms with E-state index in [2.05, 4.69) is 5.32 Å². The first-order chi connectivity index (χ1) is 9.22. The molecular weight excluding hydrogens is 266 g/mol. The summed E-state index contributed by atoms with van der Waals surface area (Å²) in [5.41, 5.74) is -0.642. The van der Waals surface area contributed by atoms with Gasteiger partial charge in [0.2, 0.25) is 5.91 Å². The Balaban J connectivity index is 2.88. The van der Waals surface area contributed by atoms with E-state index in [1.807, 2.05) is 20.8 Å². The molecule has 0 saturated heterocycles. The summed E-state index contributed by atoms with van der Waals surface area (Å²) in [7, 11) is 0. The number of carbonyl (C=O) groups is 2. The summed E-state index contributed by atoms with van der Waals surface area (Å²) in [5.74, 6) is -1.47. The molecule has 0 aliphatic carbocycles. The van der Waals surface area contributed by atoms with E-state index in [1.165, 1.54) is 0 Å². The summed E-state index contributed by atoms with van der Waals surface area (Å²) in [6, 6.07) is 0.864. The van der Waals surface area contributed by atoms with Crippen molar-refractivity contribution in [1.82, 2.24) is 9.88 Å². The van der Waals surface area contributed by atoms with Crippen LogP contribution in [0.2, 0.25) is 0 Å². The van der Waals surface area contributed by atoms with Crippen LogP contribution in [0.3, 0.4) is 0 Å². The second kappa shape index (κ2) is 6.18. The third-order valence-electron chi connectivity index (χ3n) is 3.01. The van der Waals surface area contributed by atoms with Crippen molar-refractivity contribution in [3.63, 3.8) is 0 Å². The zero-order chi connectivity index (χ0) is 15.4. The molecule has 1 rings (SSSR count). The molecule has 0 fully saturated rings. The number of carboxylic acids is 1. The largest absolute Gasteiger partial charge is 0.477 e. The molecule has 8 heteroatoms. The van der Waals surface area contributed by atoms with Crippen LogP contribution >= 0.6 is 0 Å². The molecule has 0 saturated carbocycles. The molecule has 8 nitrogen and oxygen atoms in total. The summed E-state index contributed by atoms with van der Waals surface area (Å²) in [5, 5.41) is 22.3. The lowest BCUT2D eigenvalue weighted by Gasteiger charge is -2.17. The van der Waals surface area contributed by atoms with Crippen molar-refractivity contribution in [2.24, 2.45) is 5.92 Å². The molecule has 0 aliphatic rings. The molecule has 1 amide bonds. The van der Waals surface area contributed by atoms with Crippen LogP contribution in [-0.4, -0.2) is 32.5 Å². The Morgan fingerprint density at radius 3 is 2.50 bits per heavy atom. The first kappa shape index (κ1) is 15.7. The fourth-order valence-electron chi connectivity index (χ4n) is 1.53. The van der Waals surface area contributed by atoms with E-state index in [1.54, 1.807) is 0 Å². The van der Waals surface area contributed by atoms with E-state index < -0.39 is 10.9 Å². The third kappa shape index (κ3) is 3.81. The van der Waals surface area contributed by atoms with Gasteiger partial charge in [-0.2, -0.15) is 0 Å². The molecular formula is C12H17N3O5. The molecule has 110 valence electrons. The fraction of sp³-hybridized carbons (Fsp3) is 0.500. The predicted octanol–water partition coefficient (Wildman–Crippen LogP) is 1.26. The first-order valence-electron chi connectivity index (χ1n) is 6.09. The van der Waals surface area contributed by atoms with Crippen molar-refractivity contribution in [2.75, 3.05) is 0 Å². The van der Waals surface area contributed by atoms with Crippen LogP contribution in [0.15, 0.2) is 12.3 Å². The van der Waals surface area contributed by atoms with E-state index in [4.69, 9.17) is 5.11 Å². The van der Waals surface area contributed by atoms with Gasteiger partial charge in [0, 0.05) is 12.1 Å². The summed E-state index contributed by atoms with van der Waals surface area (Å²) in [4.78, 5) is 32.7. The van der Waals surface area contributed by atoms with Gasteiger partial charge in [0.25, 0.3) is 5.69 Å². The van der Waals surface area contributed by atoms with Gasteiger partial charge < -0.3 is 15.0 Å². The third-order valence-corrected chi connectivity index (χ3v) is 3.01. The standard InChI is InChI=1S/C12H17N3O5/c1-7(2)8(3)13-11(16)6-14-5-9(15(19)20)4-10(14)12(17)18/h4-5,7-8H,6H2,1-3H3,(H,13,16)(H,17,18). The molecule has 1 atom stereocenters. The Morgan fingerprint density at radius 1 is 1.45 bits per heavy atom. The van der Waals surface area contributed by atoms with Crippen LogP contribution in [0.5, 0.6) is 0 Å². The van der Waals surface area contributed by atoms with Gasteiger partial charge in [-0.15, -0.1) is 0 Å². The maximum Gasteiger partial charge on any atom is 0.352 e. The average molecular weight is 283 g/mol. The Bertz CT molecular complexity index is 535. The monoisotopic (exact) mass is 283 g/mol. The van der Waals surface area contributed by atoms with Crippen LogP contribution in [0, 0.1) is 16.0 Å². The number of nitro groups is 1. The Labute approximate surface area is 115 Å². The zero-order valence-corrected chi connectivity index (χ0v) is 11.5. The molecule has 0 bridgehead atoms. The number of carbonyl (C=O) groups excluding carboxylic acids is 1. The molecule has 0 spiro atoms. The van der Waals surface area contributed by atoms with Gasteiger partial charge >= 0.3 is 5.97 Å². The van der Waals surface area contributed by atoms with Crippen LogP contribution in [-0.2, 0) is 11.3 Å². The maximum absolute atomic E-state index is 11.8. The number of aromatic carboxylic acids is 1. The van der Waals surface area contributed by atoms with Crippen molar-refractivity contribution in [3.8, 4) is 0 Å². The molecule has 2 N–H and O–H groups in total. The molecule has 0 radical (unpaired) electrons. The maximum atomic E-state index is 11.8. The highest BCUT2D eigenvalue weighted by Gasteiger charge is 2.21. The minimum absolute atomic E-state index is 0.0682. The van der Waals surface area contributed by atoms with Crippen LogP contribution < -0.4 is 5.32 Å². The summed E-state index contributed by atoms with van der Waals surface area (Å²) in [6.45, 7) is 5.44. The number of aromatic nitrogens is 1. The van der Waals surface area contributed by atoms with E-state index >= 15 is 0 Å². The number of nitrogens with zero attached hydrogens (tertiary/aromatic N) is 2. The van der Waals surface area contributed by atoms with E-state index in [9.17, 15) is 19.7 Å². The van der Waals surface area contributed by atoms with Crippen molar-refractivity contribution < 1.29 is 19.6 Å². The molecule has 1 unspecified atom stereocenters. The lowest BCUT2D eigenvalue weighted by Crippen LogP contribution is -2.38. The van der Waals surface area contributed by atoms with Gasteiger partial charge in [-0.25, -0.2) is 4.79 Å². The SMILES string of the molecule is CC(C)C(C)NC(=O)Cn1cc([N+](=O)[O-])cc1C(=O)O. The lowest BCUT2D eigenvalue weighted by molar-refractivity contribution is -0.384. The van der Waals surface area contributed by atoms with Gasteiger partial charge in [0.15, 0.2) is 0 Å². The molecule has 1 aromatic rings. The second-order valence-corrected chi connectivity index (χ2v) is 4.87. The smallest absolute Gasteiger partial charge is 0.352 e. The summed E-state index contributed by atoms with van der Waals surface area (Å²) >= 11 is 0. The molecule has 0 aromatic carbocycles. The normalized spacial score (nSPS) is 12.2. The molecule has 0 aliphatic heterocycles. The van der Waals surface area contributed by atoms with Gasteiger partial charge in [-0.1, -0.05) is 13.8 Å². The van der Waals surface area contributed by atoms with Gasteiger partial charge in [-0.3, -0.25) is 14.9 Å². The highest BCUT2D eigenvalue weighted by Crippen LogP contribution is 2.16. The van der Waals surface area contributed by atoms with Gasteiger partial charge in [0.05, 0.1) is 11.1 Å². The summed E-state index contributed by atoms with van der Waals surface area (Å²) in [6.07, 6.45) is 1.04. The van der Waals surface area contributed by atoms with Gasteiger partial charge in [-0.05, 0) is 12.8 Å². The average Bonchev–Trinajstić information content (AvgIpc) is 2.72. The summed E-state index contributed by atoms with van der Waals surface area (Å²) < 4.78 is 1.06. The Morgan fingerprint density at radius 2 is 2.05 bits per heavy atom. The molecule has 1 aromatic heterocycles. The number of hydrogen-bond acceptors (Lipinski definition) is 4. The van der Waals surface area contributed by atoms with E-state index in [-0.39, 0.29) is 35.8 Å². The van der Waals surface area contributed by atoms with Crippen molar-refractivity contribution in [2.45, 2.75) is 33.4 Å². The highest BCUT2D eigenvalue weighted by atomic mass is 16.6.